The largest absolute Gasteiger partial charge is 0.444 e. The van der Waals surface area contributed by atoms with E-state index < -0.39 is 11.7 Å². The number of hydrogen-bond donors (Lipinski definition) is 2. The van der Waals surface area contributed by atoms with E-state index in [0.29, 0.717) is 0 Å². The Balaban J connectivity index is 2.05. The molecule has 1 aromatic rings. The van der Waals surface area contributed by atoms with Gasteiger partial charge in [0.25, 0.3) is 5.91 Å². The molecule has 0 spiro atoms. The highest BCUT2D eigenvalue weighted by Gasteiger charge is 2.21. The van der Waals surface area contributed by atoms with Gasteiger partial charge in [0.05, 0.1) is 0 Å². The predicted octanol–water partition coefficient (Wildman–Crippen LogP) is 3.28. The molecule has 21 heavy (non-hydrogen) atoms. The lowest BCUT2D eigenvalue weighted by Crippen LogP contribution is -2.36. The standard InChI is InChI=1S/C14H16N2O3S2/c1-14(2,3)19-13(18)16-9-8-21-11(7-15-12(9)17)10-5-4-6-20-10/h4-8H,1-3H3,(H,15,17)(H,16,18). The number of alkyl carbamates (subject to hydrolysis) is 1. The number of amides is 2. The third kappa shape index (κ3) is 4.64. The number of rotatable bonds is 2. The molecular formula is C14H16N2O3S2. The molecule has 0 atom stereocenters. The van der Waals surface area contributed by atoms with Crippen LogP contribution in [0.25, 0.3) is 4.91 Å². The van der Waals surface area contributed by atoms with Crippen molar-refractivity contribution in [1.29, 1.82) is 0 Å². The van der Waals surface area contributed by atoms with Crippen LogP contribution in [0, 0.1) is 0 Å². The summed E-state index contributed by atoms with van der Waals surface area (Å²) in [5, 5.41) is 8.69. The second kappa shape index (κ2) is 6.36. The van der Waals surface area contributed by atoms with E-state index >= 15 is 0 Å². The van der Waals surface area contributed by atoms with Gasteiger partial charge in [-0.3, -0.25) is 10.1 Å². The van der Waals surface area contributed by atoms with Crippen molar-refractivity contribution in [2.24, 2.45) is 0 Å². The first-order valence-electron chi connectivity index (χ1n) is 6.27. The van der Waals surface area contributed by atoms with Gasteiger partial charge < -0.3 is 10.1 Å². The van der Waals surface area contributed by atoms with Gasteiger partial charge >= 0.3 is 6.09 Å². The summed E-state index contributed by atoms with van der Waals surface area (Å²) < 4.78 is 5.13. The van der Waals surface area contributed by atoms with Crippen molar-refractivity contribution in [3.8, 4) is 0 Å². The molecule has 0 aliphatic carbocycles. The topological polar surface area (TPSA) is 67.4 Å². The summed E-state index contributed by atoms with van der Waals surface area (Å²) in [6.07, 6.45) is 0.989. The van der Waals surface area contributed by atoms with Gasteiger partial charge in [-0.1, -0.05) is 17.8 Å². The highest BCUT2D eigenvalue weighted by molar-refractivity contribution is 8.11. The fraction of sp³-hybridized carbons (Fsp3) is 0.286. The van der Waals surface area contributed by atoms with Crippen molar-refractivity contribution in [3.63, 3.8) is 0 Å². The zero-order valence-electron chi connectivity index (χ0n) is 11.9. The smallest absolute Gasteiger partial charge is 0.412 e. The highest BCUT2D eigenvalue weighted by atomic mass is 32.2. The zero-order chi connectivity index (χ0) is 15.5. The number of nitrogens with one attached hydrogen (secondary N) is 2. The molecule has 2 amide bonds. The number of thioether (sulfide) groups is 1. The Kier molecular flexibility index (Phi) is 4.74. The minimum Gasteiger partial charge on any atom is -0.444 e. The molecule has 0 fully saturated rings. The van der Waals surface area contributed by atoms with E-state index in [4.69, 9.17) is 4.74 Å². The van der Waals surface area contributed by atoms with Crippen LogP contribution in [-0.4, -0.2) is 17.6 Å². The van der Waals surface area contributed by atoms with E-state index in [9.17, 15) is 9.59 Å². The fourth-order valence-electron chi connectivity index (χ4n) is 1.47. The first-order valence-corrected chi connectivity index (χ1v) is 8.03. The van der Waals surface area contributed by atoms with E-state index in [0.717, 1.165) is 9.78 Å². The highest BCUT2D eigenvalue weighted by Crippen LogP contribution is 2.32. The second-order valence-electron chi connectivity index (χ2n) is 5.24. The number of hydrogen-bond acceptors (Lipinski definition) is 5. The van der Waals surface area contributed by atoms with Crippen LogP contribution in [-0.2, 0) is 9.53 Å². The molecule has 2 N–H and O–H groups in total. The van der Waals surface area contributed by atoms with Crippen molar-refractivity contribution in [2.45, 2.75) is 26.4 Å². The van der Waals surface area contributed by atoms with Gasteiger partial charge in [-0.2, -0.15) is 0 Å². The van der Waals surface area contributed by atoms with Crippen molar-refractivity contribution < 1.29 is 14.3 Å². The summed E-state index contributed by atoms with van der Waals surface area (Å²) in [4.78, 5) is 25.6. The Hall–Kier alpha value is -1.73. The molecule has 0 unspecified atom stereocenters. The Morgan fingerprint density at radius 2 is 2.14 bits per heavy atom. The van der Waals surface area contributed by atoms with Gasteiger partial charge in [0, 0.05) is 21.4 Å². The van der Waals surface area contributed by atoms with Gasteiger partial charge in [-0.25, -0.2) is 4.79 Å². The minimum absolute atomic E-state index is 0.164. The van der Waals surface area contributed by atoms with Crippen molar-refractivity contribution in [1.82, 2.24) is 10.6 Å². The van der Waals surface area contributed by atoms with Crippen LogP contribution < -0.4 is 10.6 Å². The van der Waals surface area contributed by atoms with E-state index in [1.807, 2.05) is 17.5 Å². The van der Waals surface area contributed by atoms with Crippen molar-refractivity contribution in [3.05, 3.63) is 39.7 Å². The van der Waals surface area contributed by atoms with Crippen LogP contribution in [0.5, 0.6) is 0 Å². The van der Waals surface area contributed by atoms with Gasteiger partial charge in [0.2, 0.25) is 0 Å². The normalized spacial score (nSPS) is 15.5. The van der Waals surface area contributed by atoms with Crippen LogP contribution in [0.15, 0.2) is 34.8 Å². The summed E-state index contributed by atoms with van der Waals surface area (Å²) in [5.74, 6) is -0.375. The third-order valence-electron chi connectivity index (χ3n) is 2.28. The molecular weight excluding hydrogens is 308 g/mol. The van der Waals surface area contributed by atoms with Crippen LogP contribution >= 0.6 is 23.1 Å². The third-order valence-corrected chi connectivity index (χ3v) is 4.26. The first kappa shape index (κ1) is 15.7. The molecule has 1 aromatic heterocycles. The number of carbonyl (C=O) groups is 2. The lowest BCUT2D eigenvalue weighted by atomic mass is 10.2. The molecule has 0 saturated carbocycles. The Morgan fingerprint density at radius 1 is 1.38 bits per heavy atom. The van der Waals surface area contributed by atoms with E-state index in [1.165, 1.54) is 11.8 Å². The predicted molar refractivity (Wildman–Crippen MR) is 85.5 cm³/mol. The van der Waals surface area contributed by atoms with E-state index in [1.54, 1.807) is 43.7 Å². The summed E-state index contributed by atoms with van der Waals surface area (Å²) in [5.41, 5.74) is -0.448. The molecule has 5 nitrogen and oxygen atoms in total. The molecule has 2 heterocycles. The lowest BCUT2D eigenvalue weighted by Gasteiger charge is -2.19. The van der Waals surface area contributed by atoms with Crippen LogP contribution in [0.3, 0.4) is 0 Å². The maximum atomic E-state index is 11.9. The van der Waals surface area contributed by atoms with Gasteiger partial charge in [-0.15, -0.1) is 11.3 Å². The number of thiophene rings is 1. The molecule has 1 aliphatic rings. The molecule has 0 saturated heterocycles. The van der Waals surface area contributed by atoms with E-state index in [-0.39, 0.29) is 11.6 Å². The molecule has 2 rings (SSSR count). The SMILES string of the molecule is CC(C)(C)OC(=O)NC1=CSC(c2cccs2)=CNC1=O. The molecule has 1 aliphatic heterocycles. The van der Waals surface area contributed by atoms with Crippen LogP contribution in [0.1, 0.15) is 25.6 Å². The van der Waals surface area contributed by atoms with Crippen LogP contribution in [0.2, 0.25) is 0 Å². The summed E-state index contributed by atoms with van der Waals surface area (Å²) in [6.45, 7) is 5.29. The average Bonchev–Trinajstić information content (AvgIpc) is 2.82. The molecule has 0 radical (unpaired) electrons. The molecule has 7 heteroatoms. The average molecular weight is 324 g/mol. The first-order chi connectivity index (χ1) is 9.85. The van der Waals surface area contributed by atoms with Gasteiger partial charge in [-0.05, 0) is 32.2 Å². The van der Waals surface area contributed by atoms with Crippen molar-refractivity contribution in [2.75, 3.05) is 0 Å². The van der Waals surface area contributed by atoms with Gasteiger partial charge in [0.15, 0.2) is 0 Å². The number of carbonyl (C=O) groups excluding carboxylic acids is 2. The maximum Gasteiger partial charge on any atom is 0.412 e. The minimum atomic E-state index is -0.649. The van der Waals surface area contributed by atoms with E-state index in [2.05, 4.69) is 10.6 Å². The van der Waals surface area contributed by atoms with Gasteiger partial charge in [0.1, 0.15) is 11.3 Å². The Morgan fingerprint density at radius 3 is 2.76 bits per heavy atom. The quantitative estimate of drug-likeness (QED) is 0.876. The summed E-state index contributed by atoms with van der Waals surface area (Å²) >= 11 is 2.95. The fourth-order valence-corrected chi connectivity index (χ4v) is 3.11. The molecule has 0 bridgehead atoms. The lowest BCUT2D eigenvalue weighted by molar-refractivity contribution is -0.117. The zero-order valence-corrected chi connectivity index (χ0v) is 13.6. The molecule has 112 valence electrons. The molecule has 0 aromatic carbocycles. The van der Waals surface area contributed by atoms with Crippen LogP contribution in [0.4, 0.5) is 4.79 Å². The number of ether oxygens (including phenoxy) is 1. The Labute approximate surface area is 131 Å². The Bertz CT molecular complexity index is 598. The van der Waals surface area contributed by atoms with Crippen molar-refractivity contribution >= 4 is 40.0 Å². The second-order valence-corrected chi connectivity index (χ2v) is 7.09. The monoisotopic (exact) mass is 324 g/mol. The maximum absolute atomic E-state index is 11.9. The summed E-state index contributed by atoms with van der Waals surface area (Å²) in [7, 11) is 0. The summed E-state index contributed by atoms with van der Waals surface area (Å²) in [6, 6.07) is 3.91.